The molecule has 0 spiro atoms. The fourth-order valence-electron chi connectivity index (χ4n) is 1.43. The van der Waals surface area contributed by atoms with Gasteiger partial charge in [-0.2, -0.15) is 0 Å². The maximum atomic E-state index is 11.5. The van der Waals surface area contributed by atoms with Crippen molar-refractivity contribution in [1.82, 2.24) is 5.48 Å². The van der Waals surface area contributed by atoms with E-state index in [-0.39, 0.29) is 11.2 Å². The van der Waals surface area contributed by atoms with E-state index in [9.17, 15) is 4.79 Å². The van der Waals surface area contributed by atoms with Gasteiger partial charge in [-0.25, -0.2) is 5.48 Å². The van der Waals surface area contributed by atoms with Gasteiger partial charge < -0.3 is 5.32 Å². The molecule has 0 aliphatic carbocycles. The Hall–Kier alpha value is -1.20. The van der Waals surface area contributed by atoms with Crippen molar-refractivity contribution in [3.63, 3.8) is 0 Å². The summed E-state index contributed by atoms with van der Waals surface area (Å²) in [5.41, 5.74) is 3.43. The highest BCUT2D eigenvalue weighted by atomic mass is 32.2. The van der Waals surface area contributed by atoms with Crippen molar-refractivity contribution in [1.29, 1.82) is 0 Å². The normalized spacial score (nSPS) is 18.9. The number of amides is 1. The number of hydrogen-bond acceptors (Lipinski definition) is 4. The number of anilines is 1. The van der Waals surface area contributed by atoms with Crippen molar-refractivity contribution in [2.45, 2.75) is 10.1 Å². The minimum absolute atomic E-state index is 0.107. The summed E-state index contributed by atoms with van der Waals surface area (Å²) in [4.78, 5) is 17.2. The van der Waals surface area contributed by atoms with Crippen molar-refractivity contribution >= 4 is 23.4 Å². The zero-order valence-electron chi connectivity index (χ0n) is 8.32. The number of nitrogens with one attached hydrogen (secondary N) is 2. The van der Waals surface area contributed by atoms with Crippen molar-refractivity contribution < 1.29 is 9.63 Å². The molecule has 2 N–H and O–H groups in total. The number of hydrogen-bond donors (Lipinski definition) is 2. The Bertz CT molecular complexity index is 370. The number of carbonyl (C=O) groups excluding carboxylic acids is 1. The molecular weight excluding hydrogens is 212 g/mol. The molecule has 0 unspecified atom stereocenters. The van der Waals surface area contributed by atoms with Crippen LogP contribution in [0.3, 0.4) is 0 Å². The molecule has 0 saturated heterocycles. The van der Waals surface area contributed by atoms with Crippen LogP contribution in [0.1, 0.15) is 0 Å². The zero-order valence-corrected chi connectivity index (χ0v) is 9.14. The van der Waals surface area contributed by atoms with Crippen LogP contribution >= 0.6 is 11.8 Å². The van der Waals surface area contributed by atoms with E-state index in [4.69, 9.17) is 0 Å². The second kappa shape index (κ2) is 4.55. The molecule has 1 aromatic carbocycles. The first-order valence-electron chi connectivity index (χ1n) is 4.63. The molecule has 1 aliphatic heterocycles. The van der Waals surface area contributed by atoms with Gasteiger partial charge in [0.1, 0.15) is 5.25 Å². The highest BCUT2D eigenvalue weighted by Gasteiger charge is 2.24. The number of hydroxylamine groups is 1. The first-order valence-corrected chi connectivity index (χ1v) is 5.51. The SMILES string of the molecule is CONC(=O)[C@@H]1CNc2ccccc2S1. The molecule has 1 atom stereocenters. The molecule has 1 amide bonds. The third-order valence-electron chi connectivity index (χ3n) is 2.13. The molecule has 2 rings (SSSR count). The van der Waals surface area contributed by atoms with Crippen LogP contribution in [0.5, 0.6) is 0 Å². The summed E-state index contributed by atoms with van der Waals surface area (Å²) in [6.45, 7) is 0.622. The quantitative estimate of drug-likeness (QED) is 0.742. The molecule has 80 valence electrons. The average Bonchev–Trinajstić information content (AvgIpc) is 2.29. The Kier molecular flexibility index (Phi) is 3.13. The summed E-state index contributed by atoms with van der Waals surface area (Å²) >= 11 is 1.55. The smallest absolute Gasteiger partial charge is 0.258 e. The molecule has 4 nitrogen and oxygen atoms in total. The molecule has 0 fully saturated rings. The highest BCUT2D eigenvalue weighted by molar-refractivity contribution is 8.00. The molecule has 15 heavy (non-hydrogen) atoms. The van der Waals surface area contributed by atoms with Crippen LogP contribution in [-0.4, -0.2) is 24.8 Å². The maximum absolute atomic E-state index is 11.5. The molecule has 0 radical (unpaired) electrons. The Morgan fingerprint density at radius 3 is 3.20 bits per heavy atom. The first-order chi connectivity index (χ1) is 7.31. The number of para-hydroxylation sites is 1. The largest absolute Gasteiger partial charge is 0.382 e. The summed E-state index contributed by atoms with van der Waals surface area (Å²) in [7, 11) is 1.44. The fourth-order valence-corrected chi connectivity index (χ4v) is 2.48. The third-order valence-corrected chi connectivity index (χ3v) is 3.40. The molecule has 5 heteroatoms. The van der Waals surface area contributed by atoms with Gasteiger partial charge in [0.15, 0.2) is 0 Å². The lowest BCUT2D eigenvalue weighted by Gasteiger charge is -2.24. The Morgan fingerprint density at radius 2 is 2.40 bits per heavy atom. The van der Waals surface area contributed by atoms with Crippen LogP contribution in [0.25, 0.3) is 0 Å². The van der Waals surface area contributed by atoms with E-state index in [2.05, 4.69) is 15.6 Å². The lowest BCUT2D eigenvalue weighted by molar-refractivity contribution is -0.130. The van der Waals surface area contributed by atoms with Gasteiger partial charge in [-0.3, -0.25) is 9.63 Å². The summed E-state index contributed by atoms with van der Waals surface area (Å²) in [5.74, 6) is -0.107. The Labute approximate surface area is 92.3 Å². The van der Waals surface area contributed by atoms with Gasteiger partial charge in [-0.1, -0.05) is 12.1 Å². The predicted molar refractivity (Wildman–Crippen MR) is 59.7 cm³/mol. The van der Waals surface area contributed by atoms with Crippen molar-refractivity contribution in [3.8, 4) is 0 Å². The number of thioether (sulfide) groups is 1. The van der Waals surface area contributed by atoms with Crippen LogP contribution in [0, 0.1) is 0 Å². The van der Waals surface area contributed by atoms with Gasteiger partial charge in [0.2, 0.25) is 0 Å². The summed E-state index contributed by atoms with van der Waals surface area (Å²) in [6, 6.07) is 7.94. The highest BCUT2D eigenvalue weighted by Crippen LogP contribution is 2.34. The molecule has 0 saturated carbocycles. The minimum atomic E-state index is -0.139. The van der Waals surface area contributed by atoms with E-state index in [1.165, 1.54) is 7.11 Å². The summed E-state index contributed by atoms with van der Waals surface area (Å²) < 4.78 is 0. The lowest BCUT2D eigenvalue weighted by atomic mass is 10.3. The second-order valence-electron chi connectivity index (χ2n) is 3.15. The molecule has 1 aromatic rings. The van der Waals surface area contributed by atoms with E-state index in [0.717, 1.165) is 10.6 Å². The second-order valence-corrected chi connectivity index (χ2v) is 4.40. The van der Waals surface area contributed by atoms with Crippen molar-refractivity contribution in [2.75, 3.05) is 19.0 Å². The van der Waals surface area contributed by atoms with Crippen LogP contribution in [0.15, 0.2) is 29.2 Å². The molecule has 0 aromatic heterocycles. The molecule has 1 heterocycles. The van der Waals surface area contributed by atoms with Crippen LogP contribution in [0.2, 0.25) is 0 Å². The Morgan fingerprint density at radius 1 is 1.60 bits per heavy atom. The van der Waals surface area contributed by atoms with Crippen LogP contribution in [-0.2, 0) is 9.63 Å². The fraction of sp³-hybridized carbons (Fsp3) is 0.300. The monoisotopic (exact) mass is 224 g/mol. The van der Waals surface area contributed by atoms with Crippen LogP contribution < -0.4 is 10.8 Å². The number of benzene rings is 1. The minimum Gasteiger partial charge on any atom is -0.382 e. The van der Waals surface area contributed by atoms with E-state index in [1.807, 2.05) is 24.3 Å². The number of fused-ring (bicyclic) bond motifs is 1. The van der Waals surface area contributed by atoms with Gasteiger partial charge in [0, 0.05) is 17.1 Å². The standard InChI is InChI=1S/C10H12N2O2S/c1-14-12-10(13)9-6-11-7-4-2-3-5-8(7)15-9/h2-5,9,11H,6H2,1H3,(H,12,13)/t9-/m0/s1. The molecule has 1 aliphatic rings. The molecular formula is C10H12N2O2S. The summed E-state index contributed by atoms with van der Waals surface area (Å²) in [5, 5.41) is 3.08. The van der Waals surface area contributed by atoms with Crippen molar-refractivity contribution in [3.05, 3.63) is 24.3 Å². The van der Waals surface area contributed by atoms with Crippen molar-refractivity contribution in [2.24, 2.45) is 0 Å². The summed E-state index contributed by atoms with van der Waals surface area (Å²) in [6.07, 6.45) is 0. The first kappa shape index (κ1) is 10.3. The van der Waals surface area contributed by atoms with E-state index in [1.54, 1.807) is 11.8 Å². The van der Waals surface area contributed by atoms with Gasteiger partial charge in [-0.05, 0) is 12.1 Å². The number of carbonyl (C=O) groups is 1. The van der Waals surface area contributed by atoms with E-state index in [0.29, 0.717) is 6.54 Å². The maximum Gasteiger partial charge on any atom is 0.258 e. The third kappa shape index (κ3) is 2.24. The van der Waals surface area contributed by atoms with E-state index < -0.39 is 0 Å². The van der Waals surface area contributed by atoms with Gasteiger partial charge in [0.05, 0.1) is 7.11 Å². The zero-order chi connectivity index (χ0) is 10.7. The predicted octanol–water partition coefficient (Wildman–Crippen LogP) is 1.25. The van der Waals surface area contributed by atoms with Gasteiger partial charge >= 0.3 is 0 Å². The topological polar surface area (TPSA) is 50.4 Å². The lowest BCUT2D eigenvalue weighted by Crippen LogP contribution is -2.37. The van der Waals surface area contributed by atoms with Gasteiger partial charge in [-0.15, -0.1) is 11.8 Å². The Balaban J connectivity index is 2.08. The van der Waals surface area contributed by atoms with Gasteiger partial charge in [0.25, 0.3) is 5.91 Å². The molecule has 0 bridgehead atoms. The van der Waals surface area contributed by atoms with Crippen LogP contribution in [0.4, 0.5) is 5.69 Å². The average molecular weight is 224 g/mol. The van der Waals surface area contributed by atoms with E-state index >= 15 is 0 Å². The number of rotatable bonds is 2.